The van der Waals surface area contributed by atoms with E-state index < -0.39 is 0 Å². The van der Waals surface area contributed by atoms with Gasteiger partial charge < -0.3 is 10.3 Å². The Labute approximate surface area is 105 Å². The Bertz CT molecular complexity index is 584. The number of H-pyrrole nitrogens is 1. The first kappa shape index (κ1) is 12.3. The first-order chi connectivity index (χ1) is 8.54. The van der Waals surface area contributed by atoms with Gasteiger partial charge >= 0.3 is 0 Å². The maximum absolute atomic E-state index is 11.5. The standard InChI is InChI=1S/C12H17N5O/c1-8(2)12-14-10(6-11(18)15-12)13-7-9-4-5-17(3)16-9/h4-6,8H,7H2,1-3H3,(H2,13,14,15,18). The van der Waals surface area contributed by atoms with E-state index in [4.69, 9.17) is 0 Å². The van der Waals surface area contributed by atoms with Gasteiger partial charge in [-0.15, -0.1) is 0 Å². The number of nitrogens with zero attached hydrogens (tertiary/aromatic N) is 3. The molecule has 0 bridgehead atoms. The number of nitrogens with one attached hydrogen (secondary N) is 2. The third kappa shape index (κ3) is 2.97. The van der Waals surface area contributed by atoms with Crippen LogP contribution in [0.4, 0.5) is 5.82 Å². The Morgan fingerprint density at radius 1 is 1.50 bits per heavy atom. The van der Waals surface area contributed by atoms with E-state index in [1.54, 1.807) is 4.68 Å². The fraction of sp³-hybridized carbons (Fsp3) is 0.417. The van der Waals surface area contributed by atoms with E-state index in [1.807, 2.05) is 33.2 Å². The summed E-state index contributed by atoms with van der Waals surface area (Å²) >= 11 is 0. The molecule has 0 aromatic carbocycles. The van der Waals surface area contributed by atoms with Crippen LogP contribution in [0.2, 0.25) is 0 Å². The van der Waals surface area contributed by atoms with Crippen LogP contribution in [0.25, 0.3) is 0 Å². The molecule has 6 heteroatoms. The number of hydrogen-bond acceptors (Lipinski definition) is 4. The molecule has 0 aliphatic rings. The summed E-state index contributed by atoms with van der Waals surface area (Å²) in [6.07, 6.45) is 1.88. The molecule has 18 heavy (non-hydrogen) atoms. The van der Waals surface area contributed by atoms with Gasteiger partial charge in [-0.25, -0.2) is 4.98 Å². The van der Waals surface area contributed by atoms with Gasteiger partial charge in [-0.05, 0) is 6.07 Å². The minimum absolute atomic E-state index is 0.141. The Balaban J connectivity index is 2.11. The van der Waals surface area contributed by atoms with Crippen molar-refractivity contribution in [3.8, 4) is 0 Å². The van der Waals surface area contributed by atoms with Crippen molar-refractivity contribution in [3.63, 3.8) is 0 Å². The highest BCUT2D eigenvalue weighted by atomic mass is 16.1. The predicted octanol–water partition coefficient (Wildman–Crippen LogP) is 1.24. The van der Waals surface area contributed by atoms with Gasteiger partial charge in [0.2, 0.25) is 0 Å². The zero-order chi connectivity index (χ0) is 13.1. The van der Waals surface area contributed by atoms with Crippen molar-refractivity contribution >= 4 is 5.82 Å². The summed E-state index contributed by atoms with van der Waals surface area (Å²) in [6.45, 7) is 4.52. The SMILES string of the molecule is CC(C)c1nc(NCc2ccn(C)n2)cc(=O)[nH]1. The van der Waals surface area contributed by atoms with Gasteiger partial charge in [0.1, 0.15) is 11.6 Å². The van der Waals surface area contributed by atoms with Crippen molar-refractivity contribution in [1.29, 1.82) is 0 Å². The number of aromatic nitrogens is 4. The quantitative estimate of drug-likeness (QED) is 0.852. The van der Waals surface area contributed by atoms with E-state index in [1.165, 1.54) is 6.07 Å². The number of aryl methyl sites for hydroxylation is 1. The number of anilines is 1. The molecule has 0 amide bonds. The highest BCUT2D eigenvalue weighted by Gasteiger charge is 2.05. The second kappa shape index (κ2) is 5.03. The molecule has 96 valence electrons. The highest BCUT2D eigenvalue weighted by molar-refractivity contribution is 5.33. The lowest BCUT2D eigenvalue weighted by atomic mass is 10.2. The zero-order valence-electron chi connectivity index (χ0n) is 10.8. The summed E-state index contributed by atoms with van der Waals surface area (Å²) in [7, 11) is 1.87. The monoisotopic (exact) mass is 247 g/mol. The Hall–Kier alpha value is -2.11. The molecule has 0 saturated heterocycles. The van der Waals surface area contributed by atoms with Crippen LogP contribution >= 0.6 is 0 Å². The van der Waals surface area contributed by atoms with Crippen molar-refractivity contribution in [2.24, 2.45) is 7.05 Å². The van der Waals surface area contributed by atoms with Gasteiger partial charge in [0.05, 0.1) is 12.2 Å². The Morgan fingerprint density at radius 2 is 2.28 bits per heavy atom. The number of rotatable bonds is 4. The first-order valence-corrected chi connectivity index (χ1v) is 5.88. The molecule has 0 radical (unpaired) electrons. The molecule has 0 spiro atoms. The second-order valence-electron chi connectivity index (χ2n) is 4.50. The van der Waals surface area contributed by atoms with Crippen molar-refractivity contribution in [2.75, 3.05) is 5.32 Å². The molecular weight excluding hydrogens is 230 g/mol. The van der Waals surface area contributed by atoms with E-state index >= 15 is 0 Å². The van der Waals surface area contributed by atoms with E-state index in [2.05, 4.69) is 20.4 Å². The van der Waals surface area contributed by atoms with Crippen molar-refractivity contribution in [1.82, 2.24) is 19.7 Å². The average Bonchev–Trinajstić information content (AvgIpc) is 2.72. The minimum Gasteiger partial charge on any atom is -0.364 e. The summed E-state index contributed by atoms with van der Waals surface area (Å²) in [5.74, 6) is 1.45. The fourth-order valence-electron chi connectivity index (χ4n) is 1.58. The maximum atomic E-state index is 11.5. The van der Waals surface area contributed by atoms with Crippen molar-refractivity contribution in [2.45, 2.75) is 26.3 Å². The van der Waals surface area contributed by atoms with Crippen LogP contribution in [-0.4, -0.2) is 19.7 Å². The molecule has 2 aromatic rings. The highest BCUT2D eigenvalue weighted by Crippen LogP contribution is 2.09. The zero-order valence-corrected chi connectivity index (χ0v) is 10.8. The normalized spacial score (nSPS) is 10.9. The van der Waals surface area contributed by atoms with Crippen LogP contribution in [0.3, 0.4) is 0 Å². The second-order valence-corrected chi connectivity index (χ2v) is 4.50. The largest absolute Gasteiger partial charge is 0.364 e. The maximum Gasteiger partial charge on any atom is 0.252 e. The number of hydrogen-bond donors (Lipinski definition) is 2. The van der Waals surface area contributed by atoms with Crippen LogP contribution in [0, 0.1) is 0 Å². The fourth-order valence-corrected chi connectivity index (χ4v) is 1.58. The summed E-state index contributed by atoms with van der Waals surface area (Å²) in [5.41, 5.74) is 0.767. The lowest BCUT2D eigenvalue weighted by molar-refractivity contribution is 0.744. The third-order valence-electron chi connectivity index (χ3n) is 2.53. The van der Waals surface area contributed by atoms with Crippen LogP contribution in [-0.2, 0) is 13.6 Å². The van der Waals surface area contributed by atoms with Gasteiger partial charge in [-0.3, -0.25) is 9.48 Å². The van der Waals surface area contributed by atoms with Crippen LogP contribution in [0.15, 0.2) is 23.1 Å². The molecule has 0 saturated carbocycles. The first-order valence-electron chi connectivity index (χ1n) is 5.88. The average molecular weight is 247 g/mol. The molecule has 2 N–H and O–H groups in total. The summed E-state index contributed by atoms with van der Waals surface area (Å²) in [5, 5.41) is 7.35. The molecular formula is C12H17N5O. The molecule has 2 heterocycles. The molecule has 6 nitrogen and oxygen atoms in total. The van der Waals surface area contributed by atoms with Gasteiger partial charge in [0.25, 0.3) is 5.56 Å². The Kier molecular flexibility index (Phi) is 3.45. The number of aromatic amines is 1. The summed E-state index contributed by atoms with van der Waals surface area (Å²) in [6, 6.07) is 3.37. The van der Waals surface area contributed by atoms with Gasteiger partial charge in [-0.2, -0.15) is 5.10 Å². The minimum atomic E-state index is -0.141. The molecule has 0 unspecified atom stereocenters. The van der Waals surface area contributed by atoms with E-state index in [9.17, 15) is 4.79 Å². The van der Waals surface area contributed by atoms with Crippen LogP contribution in [0.1, 0.15) is 31.3 Å². The lowest BCUT2D eigenvalue weighted by Crippen LogP contribution is -2.14. The molecule has 0 atom stereocenters. The van der Waals surface area contributed by atoms with Crippen LogP contribution in [0.5, 0.6) is 0 Å². The molecule has 0 aliphatic carbocycles. The lowest BCUT2D eigenvalue weighted by Gasteiger charge is -2.07. The molecule has 2 rings (SSSR count). The van der Waals surface area contributed by atoms with Crippen molar-refractivity contribution < 1.29 is 0 Å². The molecule has 0 fully saturated rings. The van der Waals surface area contributed by atoms with Crippen molar-refractivity contribution in [3.05, 3.63) is 40.2 Å². The van der Waals surface area contributed by atoms with Gasteiger partial charge in [0, 0.05) is 25.2 Å². The van der Waals surface area contributed by atoms with Gasteiger partial charge in [0.15, 0.2) is 0 Å². The predicted molar refractivity (Wildman–Crippen MR) is 69.5 cm³/mol. The third-order valence-corrected chi connectivity index (χ3v) is 2.53. The molecule has 0 aliphatic heterocycles. The van der Waals surface area contributed by atoms with E-state index in [0.717, 1.165) is 5.69 Å². The van der Waals surface area contributed by atoms with Gasteiger partial charge in [-0.1, -0.05) is 13.8 Å². The topological polar surface area (TPSA) is 75.6 Å². The smallest absolute Gasteiger partial charge is 0.252 e. The van der Waals surface area contributed by atoms with E-state index in [-0.39, 0.29) is 11.5 Å². The Morgan fingerprint density at radius 3 is 2.89 bits per heavy atom. The van der Waals surface area contributed by atoms with Crippen LogP contribution < -0.4 is 10.9 Å². The summed E-state index contributed by atoms with van der Waals surface area (Å²) < 4.78 is 1.74. The van der Waals surface area contributed by atoms with E-state index in [0.29, 0.717) is 18.2 Å². The summed E-state index contributed by atoms with van der Waals surface area (Å²) in [4.78, 5) is 18.6. The molecule has 2 aromatic heterocycles.